The zero-order valence-corrected chi connectivity index (χ0v) is 19.2. The second-order valence-corrected chi connectivity index (χ2v) is 8.66. The van der Waals surface area contributed by atoms with E-state index in [2.05, 4.69) is 23.6 Å². The lowest BCUT2D eigenvalue weighted by molar-refractivity contribution is -0.120. The van der Waals surface area contributed by atoms with E-state index >= 15 is 0 Å². The normalized spacial score (nSPS) is 17.8. The van der Waals surface area contributed by atoms with Crippen molar-refractivity contribution in [2.45, 2.75) is 34.6 Å². The Kier molecular flexibility index (Phi) is 5.71. The van der Waals surface area contributed by atoms with Gasteiger partial charge in [0.05, 0.1) is 11.3 Å². The van der Waals surface area contributed by atoms with Crippen LogP contribution in [-0.2, 0) is 9.59 Å². The molecule has 0 bridgehead atoms. The summed E-state index contributed by atoms with van der Waals surface area (Å²) in [5, 5.41) is 0. The molecule has 0 aromatic heterocycles. The van der Waals surface area contributed by atoms with E-state index in [9.17, 15) is 9.59 Å². The van der Waals surface area contributed by atoms with Crippen LogP contribution >= 0.6 is 0 Å². The van der Waals surface area contributed by atoms with Gasteiger partial charge >= 0.3 is 0 Å². The number of hydrogen-bond acceptors (Lipinski definition) is 4. The van der Waals surface area contributed by atoms with E-state index < -0.39 is 0 Å². The Morgan fingerprint density at radius 1 is 0.742 bits per heavy atom. The summed E-state index contributed by atoms with van der Waals surface area (Å²) in [5.41, 5.74) is 7.02. The molecule has 0 atom stereocenters. The Bertz CT molecular complexity index is 1080. The summed E-state index contributed by atoms with van der Waals surface area (Å²) >= 11 is 0. The number of likely N-dealkylation sites (N-methyl/N-ethyl adjacent to an activating group) is 1. The van der Waals surface area contributed by atoms with Crippen molar-refractivity contribution in [1.82, 2.24) is 9.80 Å². The van der Waals surface area contributed by atoms with Gasteiger partial charge in [-0.15, -0.1) is 0 Å². The fourth-order valence-electron chi connectivity index (χ4n) is 4.36. The Balaban J connectivity index is 1.81. The number of hydrogen-bond donors (Lipinski definition) is 0. The third-order valence-corrected chi connectivity index (χ3v) is 6.74. The number of carbonyl (C=O) groups is 2. The summed E-state index contributed by atoms with van der Waals surface area (Å²) in [7, 11) is 0. The van der Waals surface area contributed by atoms with Crippen molar-refractivity contribution in [3.8, 4) is 0 Å². The van der Waals surface area contributed by atoms with Crippen LogP contribution in [0.5, 0.6) is 0 Å². The molecule has 2 aromatic carbocycles. The van der Waals surface area contributed by atoms with Crippen LogP contribution < -0.4 is 4.90 Å². The molecule has 0 aliphatic carbocycles. The van der Waals surface area contributed by atoms with Gasteiger partial charge < -0.3 is 9.80 Å². The number of aryl methyl sites for hydroxylation is 4. The fourth-order valence-corrected chi connectivity index (χ4v) is 4.36. The van der Waals surface area contributed by atoms with Crippen molar-refractivity contribution in [3.05, 3.63) is 69.9 Å². The van der Waals surface area contributed by atoms with E-state index in [1.807, 2.05) is 57.2 Å². The molecule has 5 nitrogen and oxygen atoms in total. The first kappa shape index (κ1) is 21.3. The number of amides is 2. The molecule has 2 aromatic rings. The van der Waals surface area contributed by atoms with Gasteiger partial charge in [-0.1, -0.05) is 31.2 Å². The van der Waals surface area contributed by atoms with Crippen LogP contribution in [-0.4, -0.2) is 54.3 Å². The molecule has 0 radical (unpaired) electrons. The van der Waals surface area contributed by atoms with Crippen LogP contribution in [0.4, 0.5) is 5.69 Å². The third-order valence-electron chi connectivity index (χ3n) is 6.74. The van der Waals surface area contributed by atoms with Crippen LogP contribution in [0.2, 0.25) is 0 Å². The van der Waals surface area contributed by atoms with Gasteiger partial charge in [-0.05, 0) is 74.2 Å². The molecule has 0 saturated carbocycles. The summed E-state index contributed by atoms with van der Waals surface area (Å²) < 4.78 is 0. The van der Waals surface area contributed by atoms with Crippen molar-refractivity contribution in [3.63, 3.8) is 0 Å². The summed E-state index contributed by atoms with van der Waals surface area (Å²) in [6.45, 7) is 14.6. The highest BCUT2D eigenvalue weighted by atomic mass is 16.2. The molecule has 1 fully saturated rings. The van der Waals surface area contributed by atoms with Crippen LogP contribution in [0.15, 0.2) is 42.1 Å². The average Bonchev–Trinajstić information content (AvgIpc) is 3.02. The molecule has 0 spiro atoms. The first-order valence-corrected chi connectivity index (χ1v) is 11.1. The summed E-state index contributed by atoms with van der Waals surface area (Å²) in [5.74, 6) is -0.448. The van der Waals surface area contributed by atoms with E-state index in [1.165, 1.54) is 10.5 Å². The lowest BCUT2D eigenvalue weighted by Crippen LogP contribution is -2.47. The summed E-state index contributed by atoms with van der Waals surface area (Å²) in [6.07, 6.45) is 0. The Morgan fingerprint density at radius 3 is 1.94 bits per heavy atom. The Labute approximate surface area is 184 Å². The topological polar surface area (TPSA) is 43.9 Å². The molecule has 4 rings (SSSR count). The van der Waals surface area contributed by atoms with E-state index in [4.69, 9.17) is 0 Å². The second-order valence-electron chi connectivity index (χ2n) is 8.66. The molecule has 31 heavy (non-hydrogen) atoms. The molecule has 162 valence electrons. The molecular weight excluding hydrogens is 386 g/mol. The lowest BCUT2D eigenvalue weighted by atomic mass is 9.99. The van der Waals surface area contributed by atoms with E-state index in [1.54, 1.807) is 0 Å². The van der Waals surface area contributed by atoms with Crippen LogP contribution in [0.3, 0.4) is 0 Å². The smallest absolute Gasteiger partial charge is 0.282 e. The number of rotatable bonds is 4. The van der Waals surface area contributed by atoms with Crippen LogP contribution in [0.1, 0.15) is 34.7 Å². The minimum absolute atomic E-state index is 0.216. The summed E-state index contributed by atoms with van der Waals surface area (Å²) in [4.78, 5) is 33.2. The van der Waals surface area contributed by atoms with Gasteiger partial charge in [-0.2, -0.15) is 0 Å². The highest BCUT2D eigenvalue weighted by Crippen LogP contribution is 2.36. The zero-order chi connectivity index (χ0) is 22.3. The second kappa shape index (κ2) is 8.31. The van der Waals surface area contributed by atoms with E-state index in [0.717, 1.165) is 55.0 Å². The lowest BCUT2D eigenvalue weighted by Gasteiger charge is -2.36. The van der Waals surface area contributed by atoms with E-state index in [0.29, 0.717) is 17.0 Å². The number of anilines is 1. The molecule has 2 heterocycles. The van der Waals surface area contributed by atoms with Crippen molar-refractivity contribution < 1.29 is 9.59 Å². The predicted octanol–water partition coefficient (Wildman–Crippen LogP) is 3.84. The van der Waals surface area contributed by atoms with Gasteiger partial charge in [0.25, 0.3) is 11.8 Å². The minimum Gasteiger partial charge on any atom is -0.364 e. The van der Waals surface area contributed by atoms with Crippen molar-refractivity contribution >= 4 is 23.1 Å². The summed E-state index contributed by atoms with van der Waals surface area (Å²) in [6, 6.07) is 11.8. The van der Waals surface area contributed by atoms with Gasteiger partial charge in [0, 0.05) is 26.2 Å². The highest BCUT2D eigenvalue weighted by Gasteiger charge is 2.43. The van der Waals surface area contributed by atoms with Crippen LogP contribution in [0.25, 0.3) is 5.57 Å². The predicted molar refractivity (Wildman–Crippen MR) is 125 cm³/mol. The van der Waals surface area contributed by atoms with Gasteiger partial charge in [0.1, 0.15) is 5.70 Å². The molecule has 5 heteroatoms. The molecule has 0 unspecified atom stereocenters. The molecule has 0 N–H and O–H groups in total. The van der Waals surface area contributed by atoms with E-state index in [-0.39, 0.29) is 11.8 Å². The van der Waals surface area contributed by atoms with Crippen molar-refractivity contribution in [1.29, 1.82) is 0 Å². The van der Waals surface area contributed by atoms with Crippen molar-refractivity contribution in [2.24, 2.45) is 0 Å². The highest BCUT2D eigenvalue weighted by molar-refractivity contribution is 6.45. The first-order chi connectivity index (χ1) is 14.8. The quantitative estimate of drug-likeness (QED) is 0.709. The number of imide groups is 1. The largest absolute Gasteiger partial charge is 0.364 e. The maximum Gasteiger partial charge on any atom is 0.282 e. The maximum absolute atomic E-state index is 13.7. The molecule has 2 amide bonds. The molecular formula is C26H31N3O2. The van der Waals surface area contributed by atoms with Gasteiger partial charge in [0.15, 0.2) is 0 Å². The minimum atomic E-state index is -0.232. The fraction of sp³-hybridized carbons (Fsp3) is 0.385. The molecule has 2 aliphatic heterocycles. The first-order valence-electron chi connectivity index (χ1n) is 11.1. The monoisotopic (exact) mass is 417 g/mol. The average molecular weight is 418 g/mol. The van der Waals surface area contributed by atoms with Crippen LogP contribution in [0, 0.1) is 27.7 Å². The molecule has 2 aliphatic rings. The van der Waals surface area contributed by atoms with Crippen molar-refractivity contribution in [2.75, 3.05) is 37.6 Å². The third kappa shape index (κ3) is 3.79. The number of carbonyl (C=O) groups excluding carboxylic acids is 2. The molecule has 1 saturated heterocycles. The number of benzene rings is 2. The Morgan fingerprint density at radius 2 is 1.35 bits per heavy atom. The maximum atomic E-state index is 13.7. The number of nitrogens with zero attached hydrogens (tertiary/aromatic N) is 3. The Hall–Kier alpha value is -2.92. The van der Waals surface area contributed by atoms with Gasteiger partial charge in [0.2, 0.25) is 0 Å². The van der Waals surface area contributed by atoms with Gasteiger partial charge in [-0.3, -0.25) is 9.59 Å². The zero-order valence-electron chi connectivity index (χ0n) is 19.2. The van der Waals surface area contributed by atoms with Gasteiger partial charge in [-0.25, -0.2) is 4.90 Å². The standard InChI is InChI=1S/C26H31N3O2/c1-6-27-11-13-28(14-12-27)24-23(21-9-7-17(2)19(4)15-21)25(30)29(26(24)31)22-10-8-18(3)20(5)16-22/h7-10,15-16H,6,11-14H2,1-5H3. The number of piperazine rings is 1. The SMILES string of the molecule is CCN1CCN(C2=C(c3ccc(C)c(C)c3)C(=O)N(c3ccc(C)c(C)c3)C2=O)CC1.